The van der Waals surface area contributed by atoms with Crippen molar-refractivity contribution in [3.63, 3.8) is 0 Å². The van der Waals surface area contributed by atoms with E-state index in [1.807, 2.05) is 25.1 Å². The van der Waals surface area contributed by atoms with Crippen LogP contribution in [0.3, 0.4) is 0 Å². The van der Waals surface area contributed by atoms with Gasteiger partial charge in [0.05, 0.1) is 5.60 Å². The Morgan fingerprint density at radius 2 is 2.25 bits per heavy atom. The Morgan fingerprint density at radius 1 is 1.50 bits per heavy atom. The van der Waals surface area contributed by atoms with Crippen molar-refractivity contribution in [1.29, 1.82) is 0 Å². The van der Waals surface area contributed by atoms with E-state index in [9.17, 15) is 5.11 Å². The van der Waals surface area contributed by atoms with E-state index in [0.717, 1.165) is 5.82 Å². The fourth-order valence-corrected chi connectivity index (χ4v) is 1.48. The van der Waals surface area contributed by atoms with Crippen molar-refractivity contribution < 1.29 is 5.11 Å². The summed E-state index contributed by atoms with van der Waals surface area (Å²) in [5.74, 6) is 0.948. The lowest BCUT2D eigenvalue weighted by molar-refractivity contribution is 0.0305. The molecule has 1 saturated heterocycles. The van der Waals surface area contributed by atoms with Gasteiger partial charge in [0, 0.05) is 19.3 Å². The highest BCUT2D eigenvalue weighted by atomic mass is 16.3. The van der Waals surface area contributed by atoms with E-state index >= 15 is 0 Å². The van der Waals surface area contributed by atoms with Crippen LogP contribution in [0, 0.1) is 0 Å². The molecule has 12 heavy (non-hydrogen) atoms. The zero-order valence-electron chi connectivity index (χ0n) is 7.07. The van der Waals surface area contributed by atoms with Crippen molar-refractivity contribution in [3.8, 4) is 0 Å². The van der Waals surface area contributed by atoms with E-state index in [0.29, 0.717) is 13.1 Å². The summed E-state index contributed by atoms with van der Waals surface area (Å²) < 4.78 is 0. The maximum Gasteiger partial charge on any atom is 0.128 e. The molecular weight excluding hydrogens is 152 g/mol. The first kappa shape index (κ1) is 7.55. The Hall–Kier alpha value is -1.09. The van der Waals surface area contributed by atoms with Crippen LogP contribution >= 0.6 is 0 Å². The van der Waals surface area contributed by atoms with E-state index < -0.39 is 5.60 Å². The normalized spacial score (nSPS) is 20.3. The molecule has 2 heterocycles. The van der Waals surface area contributed by atoms with Crippen LogP contribution < -0.4 is 4.90 Å². The van der Waals surface area contributed by atoms with Crippen LogP contribution in [0.4, 0.5) is 5.82 Å². The van der Waals surface area contributed by atoms with Gasteiger partial charge in [0.15, 0.2) is 0 Å². The first-order valence-corrected chi connectivity index (χ1v) is 4.06. The molecule has 1 aliphatic heterocycles. The van der Waals surface area contributed by atoms with Crippen molar-refractivity contribution in [3.05, 3.63) is 24.4 Å². The van der Waals surface area contributed by atoms with Gasteiger partial charge in [0.1, 0.15) is 5.82 Å². The number of β-amino-alcohol motifs (C(OH)–C–C–N with tert-alkyl or cyclic N) is 1. The second-order valence-corrected chi connectivity index (χ2v) is 3.54. The molecule has 3 nitrogen and oxygen atoms in total. The van der Waals surface area contributed by atoms with Crippen molar-refractivity contribution in [2.24, 2.45) is 0 Å². The molecule has 0 spiro atoms. The highest BCUT2D eigenvalue weighted by molar-refractivity contribution is 5.42. The Balaban J connectivity index is 2.06. The number of anilines is 1. The maximum absolute atomic E-state index is 9.48. The molecule has 0 bridgehead atoms. The molecule has 0 aliphatic carbocycles. The molecule has 0 atom stereocenters. The fourth-order valence-electron chi connectivity index (χ4n) is 1.48. The predicted molar refractivity (Wildman–Crippen MR) is 47.1 cm³/mol. The highest BCUT2D eigenvalue weighted by Gasteiger charge is 2.36. The van der Waals surface area contributed by atoms with Crippen molar-refractivity contribution in [1.82, 2.24) is 4.98 Å². The van der Waals surface area contributed by atoms with Crippen LogP contribution in [-0.2, 0) is 0 Å². The van der Waals surface area contributed by atoms with Gasteiger partial charge in [-0.1, -0.05) is 6.07 Å². The molecule has 64 valence electrons. The number of hydrogen-bond donors (Lipinski definition) is 1. The van der Waals surface area contributed by atoms with Crippen LogP contribution in [0.2, 0.25) is 0 Å². The average molecular weight is 164 g/mol. The fraction of sp³-hybridized carbons (Fsp3) is 0.444. The predicted octanol–water partition coefficient (Wildman–Crippen LogP) is 0.653. The van der Waals surface area contributed by atoms with Gasteiger partial charge in [-0.15, -0.1) is 0 Å². The lowest BCUT2D eigenvalue weighted by atomic mass is 9.97. The molecule has 0 unspecified atom stereocenters. The minimum Gasteiger partial charge on any atom is -0.386 e. The second-order valence-electron chi connectivity index (χ2n) is 3.54. The van der Waals surface area contributed by atoms with Crippen LogP contribution in [0.5, 0.6) is 0 Å². The number of rotatable bonds is 1. The Kier molecular flexibility index (Phi) is 1.54. The minimum atomic E-state index is -0.516. The number of hydrogen-bond acceptors (Lipinski definition) is 3. The van der Waals surface area contributed by atoms with Gasteiger partial charge in [0.2, 0.25) is 0 Å². The van der Waals surface area contributed by atoms with Crippen LogP contribution in [0.25, 0.3) is 0 Å². The summed E-state index contributed by atoms with van der Waals surface area (Å²) in [4.78, 5) is 6.24. The summed E-state index contributed by atoms with van der Waals surface area (Å²) in [5, 5.41) is 9.48. The van der Waals surface area contributed by atoms with E-state index in [1.54, 1.807) is 6.20 Å². The Bertz CT molecular complexity index is 263. The number of aliphatic hydroxyl groups is 1. The third-order valence-corrected chi connectivity index (χ3v) is 2.04. The Morgan fingerprint density at radius 3 is 2.75 bits per heavy atom. The molecule has 0 amide bonds. The molecular formula is C9H12N2O. The quantitative estimate of drug-likeness (QED) is 0.662. The lowest BCUT2D eigenvalue weighted by Crippen LogP contribution is -2.60. The third kappa shape index (κ3) is 1.28. The van der Waals surface area contributed by atoms with E-state index in [2.05, 4.69) is 9.88 Å². The summed E-state index contributed by atoms with van der Waals surface area (Å²) in [6.07, 6.45) is 1.77. The van der Waals surface area contributed by atoms with E-state index in [-0.39, 0.29) is 0 Å². The molecule has 1 aromatic heterocycles. The van der Waals surface area contributed by atoms with E-state index in [1.165, 1.54) is 0 Å². The second kappa shape index (κ2) is 2.45. The number of pyridine rings is 1. The maximum atomic E-state index is 9.48. The van der Waals surface area contributed by atoms with Crippen molar-refractivity contribution in [2.45, 2.75) is 12.5 Å². The van der Waals surface area contributed by atoms with Gasteiger partial charge in [-0.25, -0.2) is 4.98 Å². The molecule has 2 rings (SSSR count). The largest absolute Gasteiger partial charge is 0.386 e. The van der Waals surface area contributed by atoms with E-state index in [4.69, 9.17) is 0 Å². The molecule has 1 fully saturated rings. The number of aromatic nitrogens is 1. The topological polar surface area (TPSA) is 36.4 Å². The summed E-state index contributed by atoms with van der Waals surface area (Å²) >= 11 is 0. The van der Waals surface area contributed by atoms with Crippen LogP contribution in [0.1, 0.15) is 6.92 Å². The monoisotopic (exact) mass is 164 g/mol. The van der Waals surface area contributed by atoms with Gasteiger partial charge in [-0.3, -0.25) is 0 Å². The standard InChI is InChI=1S/C9H12N2O/c1-9(12)6-11(7-9)8-4-2-3-5-10-8/h2-5,12H,6-7H2,1H3. The van der Waals surface area contributed by atoms with Gasteiger partial charge in [-0.05, 0) is 19.1 Å². The summed E-state index contributed by atoms with van der Waals surface area (Å²) in [6.45, 7) is 3.21. The molecule has 1 aromatic rings. The zero-order chi connectivity index (χ0) is 8.60. The van der Waals surface area contributed by atoms with Crippen molar-refractivity contribution in [2.75, 3.05) is 18.0 Å². The molecule has 0 radical (unpaired) electrons. The Labute approximate surface area is 71.7 Å². The van der Waals surface area contributed by atoms with Gasteiger partial charge in [-0.2, -0.15) is 0 Å². The first-order chi connectivity index (χ1) is 5.67. The lowest BCUT2D eigenvalue weighted by Gasteiger charge is -2.44. The molecule has 0 aromatic carbocycles. The first-order valence-electron chi connectivity index (χ1n) is 4.06. The highest BCUT2D eigenvalue weighted by Crippen LogP contribution is 2.24. The van der Waals surface area contributed by atoms with Crippen LogP contribution in [-0.4, -0.2) is 28.8 Å². The molecule has 3 heteroatoms. The van der Waals surface area contributed by atoms with Crippen molar-refractivity contribution >= 4 is 5.82 Å². The van der Waals surface area contributed by atoms with Crippen LogP contribution in [0.15, 0.2) is 24.4 Å². The summed E-state index contributed by atoms with van der Waals surface area (Å²) in [7, 11) is 0. The molecule has 0 saturated carbocycles. The van der Waals surface area contributed by atoms with Gasteiger partial charge < -0.3 is 10.0 Å². The molecule has 1 aliphatic rings. The third-order valence-electron chi connectivity index (χ3n) is 2.04. The zero-order valence-corrected chi connectivity index (χ0v) is 7.07. The van der Waals surface area contributed by atoms with Gasteiger partial charge >= 0.3 is 0 Å². The average Bonchev–Trinajstić information content (AvgIpc) is 2.02. The van der Waals surface area contributed by atoms with Gasteiger partial charge in [0.25, 0.3) is 0 Å². The SMILES string of the molecule is CC1(O)CN(c2ccccn2)C1. The molecule has 1 N–H and O–H groups in total. The number of nitrogens with zero attached hydrogens (tertiary/aromatic N) is 2. The minimum absolute atomic E-state index is 0.516. The summed E-state index contributed by atoms with van der Waals surface area (Å²) in [5.41, 5.74) is -0.516. The smallest absolute Gasteiger partial charge is 0.128 e. The summed E-state index contributed by atoms with van der Waals surface area (Å²) in [6, 6.07) is 5.80.